The molecule has 0 fully saturated rings. The monoisotopic (exact) mass is 445 g/mol. The van der Waals surface area contributed by atoms with Crippen LogP contribution in [-0.2, 0) is 28.5 Å². The number of benzene rings is 1. The molecule has 0 heterocycles. The van der Waals surface area contributed by atoms with Crippen LogP contribution in [0.2, 0.25) is 0 Å². The molecule has 0 aliphatic rings. The van der Waals surface area contributed by atoms with Gasteiger partial charge in [-0.3, -0.25) is 10.1 Å². The third-order valence-corrected chi connectivity index (χ3v) is 3.81. The molecule has 11 nitrogen and oxygen atoms in total. The number of carbonyl (C=O) groups is 1. The van der Waals surface area contributed by atoms with Gasteiger partial charge in [-0.2, -0.15) is 0 Å². The summed E-state index contributed by atoms with van der Waals surface area (Å²) in [6.45, 7) is 6.36. The average molecular weight is 445 g/mol. The number of ether oxygens (including phenoxy) is 7. The zero-order chi connectivity index (χ0) is 22.9. The predicted molar refractivity (Wildman–Crippen MR) is 110 cm³/mol. The van der Waals surface area contributed by atoms with Crippen LogP contribution in [-0.4, -0.2) is 84.1 Å². The number of nitro groups is 1. The van der Waals surface area contributed by atoms with E-state index in [0.29, 0.717) is 69.9 Å². The van der Waals surface area contributed by atoms with Crippen LogP contribution in [0.1, 0.15) is 12.5 Å². The summed E-state index contributed by atoms with van der Waals surface area (Å²) in [4.78, 5) is 21.6. The fourth-order valence-electron chi connectivity index (χ4n) is 2.35. The van der Waals surface area contributed by atoms with Crippen LogP contribution in [0.3, 0.4) is 0 Å². The van der Waals surface area contributed by atoms with Crippen molar-refractivity contribution in [2.45, 2.75) is 13.8 Å². The van der Waals surface area contributed by atoms with Gasteiger partial charge in [0, 0.05) is 5.56 Å². The van der Waals surface area contributed by atoms with E-state index in [-0.39, 0.29) is 18.9 Å². The van der Waals surface area contributed by atoms with E-state index in [9.17, 15) is 14.9 Å². The van der Waals surface area contributed by atoms with Crippen LogP contribution in [0.25, 0.3) is 0 Å². The molecule has 0 bridgehead atoms. The number of aryl methyl sites for hydroxylation is 1. The summed E-state index contributed by atoms with van der Waals surface area (Å²) in [7, 11) is 1.47. The van der Waals surface area contributed by atoms with Gasteiger partial charge >= 0.3 is 5.97 Å². The summed E-state index contributed by atoms with van der Waals surface area (Å²) >= 11 is 0. The number of nitrogens with zero attached hydrogens (tertiary/aromatic N) is 1. The quantitative estimate of drug-likeness (QED) is 0.143. The minimum absolute atomic E-state index is 0.0297. The molecule has 0 amide bonds. The molecule has 0 spiro atoms. The van der Waals surface area contributed by atoms with Crippen LogP contribution >= 0.6 is 0 Å². The second kappa shape index (κ2) is 16.3. The molecular formula is C20H31NO10. The second-order valence-corrected chi connectivity index (χ2v) is 6.09. The maximum Gasteiger partial charge on any atom is 0.332 e. The largest absolute Gasteiger partial charge is 0.493 e. The van der Waals surface area contributed by atoms with Crippen molar-refractivity contribution in [3.63, 3.8) is 0 Å². The number of rotatable bonds is 18. The number of esters is 1. The lowest BCUT2D eigenvalue weighted by Gasteiger charge is -2.12. The first-order chi connectivity index (χ1) is 15.0. The van der Waals surface area contributed by atoms with E-state index in [4.69, 9.17) is 33.2 Å². The van der Waals surface area contributed by atoms with Gasteiger partial charge in [0.25, 0.3) is 5.69 Å². The Bertz CT molecular complexity index is 668. The highest BCUT2D eigenvalue weighted by Gasteiger charge is 2.16. The van der Waals surface area contributed by atoms with E-state index in [2.05, 4.69) is 0 Å². The summed E-state index contributed by atoms with van der Waals surface area (Å²) in [5.74, 6) is 0.330. The first kappa shape index (κ1) is 26.6. The van der Waals surface area contributed by atoms with E-state index in [0.717, 1.165) is 0 Å². The molecule has 0 saturated heterocycles. The molecule has 0 aliphatic carbocycles. The molecule has 0 aliphatic heterocycles. The summed E-state index contributed by atoms with van der Waals surface area (Å²) in [5, 5.41) is 11.0. The Hall–Kier alpha value is -2.47. The molecule has 0 N–H and O–H groups in total. The van der Waals surface area contributed by atoms with Crippen molar-refractivity contribution in [1.82, 2.24) is 0 Å². The smallest absolute Gasteiger partial charge is 0.332 e. The van der Waals surface area contributed by atoms with Crippen molar-refractivity contribution in [3.8, 4) is 11.5 Å². The maximum atomic E-state index is 11.0. The lowest BCUT2D eigenvalue weighted by Crippen LogP contribution is -2.16. The molecule has 0 aromatic heterocycles. The SMILES string of the molecule is CCOC(=O)COCCOCCOCCOCCOc1cc([N+](=O)[O-])c(C)cc1OC. The summed E-state index contributed by atoms with van der Waals surface area (Å²) in [5.41, 5.74) is 0.466. The highest BCUT2D eigenvalue weighted by atomic mass is 16.6. The topological polar surface area (TPSA) is 125 Å². The van der Waals surface area contributed by atoms with Crippen molar-refractivity contribution in [2.24, 2.45) is 0 Å². The van der Waals surface area contributed by atoms with Crippen molar-refractivity contribution in [1.29, 1.82) is 0 Å². The van der Waals surface area contributed by atoms with Crippen molar-refractivity contribution in [3.05, 3.63) is 27.8 Å². The third-order valence-electron chi connectivity index (χ3n) is 3.81. The van der Waals surface area contributed by atoms with Crippen molar-refractivity contribution >= 4 is 11.7 Å². The van der Waals surface area contributed by atoms with Gasteiger partial charge in [-0.15, -0.1) is 0 Å². The van der Waals surface area contributed by atoms with E-state index < -0.39 is 10.9 Å². The normalized spacial score (nSPS) is 10.7. The Morgan fingerprint density at radius 2 is 1.45 bits per heavy atom. The van der Waals surface area contributed by atoms with E-state index >= 15 is 0 Å². The molecule has 176 valence electrons. The van der Waals surface area contributed by atoms with E-state index in [1.165, 1.54) is 13.2 Å². The van der Waals surface area contributed by atoms with Gasteiger partial charge in [-0.1, -0.05) is 0 Å². The van der Waals surface area contributed by atoms with Crippen LogP contribution in [0.4, 0.5) is 5.69 Å². The van der Waals surface area contributed by atoms with Gasteiger partial charge in [0.1, 0.15) is 13.2 Å². The van der Waals surface area contributed by atoms with Crippen LogP contribution < -0.4 is 9.47 Å². The van der Waals surface area contributed by atoms with Gasteiger partial charge < -0.3 is 33.2 Å². The van der Waals surface area contributed by atoms with E-state index in [1.807, 2.05) is 0 Å². The minimum atomic E-state index is -0.463. The number of nitro benzene ring substituents is 1. The van der Waals surface area contributed by atoms with E-state index in [1.54, 1.807) is 19.9 Å². The second-order valence-electron chi connectivity index (χ2n) is 6.09. The van der Waals surface area contributed by atoms with Gasteiger partial charge in [0.2, 0.25) is 0 Å². The predicted octanol–water partition coefficient (Wildman–Crippen LogP) is 1.92. The molecule has 1 aromatic carbocycles. The molecule has 1 rings (SSSR count). The Morgan fingerprint density at radius 1 is 0.903 bits per heavy atom. The number of carbonyl (C=O) groups excluding carboxylic acids is 1. The fraction of sp³-hybridized carbons (Fsp3) is 0.650. The summed E-state index contributed by atoms with van der Waals surface area (Å²) < 4.78 is 36.6. The zero-order valence-electron chi connectivity index (χ0n) is 18.3. The van der Waals surface area contributed by atoms with Gasteiger partial charge in [-0.25, -0.2) is 4.79 Å². The van der Waals surface area contributed by atoms with Crippen molar-refractivity contribution < 1.29 is 42.9 Å². The number of methoxy groups -OCH3 is 1. The van der Waals surface area contributed by atoms with Crippen LogP contribution in [0.15, 0.2) is 12.1 Å². The van der Waals surface area contributed by atoms with Gasteiger partial charge in [-0.05, 0) is 19.9 Å². The average Bonchev–Trinajstić information content (AvgIpc) is 2.74. The van der Waals surface area contributed by atoms with Gasteiger partial charge in [0.15, 0.2) is 11.5 Å². The lowest BCUT2D eigenvalue weighted by molar-refractivity contribution is -0.385. The Kier molecular flexibility index (Phi) is 13.9. The Labute approximate surface area is 181 Å². The number of hydrogen-bond donors (Lipinski definition) is 0. The lowest BCUT2D eigenvalue weighted by atomic mass is 10.2. The highest BCUT2D eigenvalue weighted by Crippen LogP contribution is 2.34. The summed E-state index contributed by atoms with van der Waals surface area (Å²) in [6, 6.07) is 2.91. The molecule has 1 aromatic rings. The maximum absolute atomic E-state index is 11.0. The Morgan fingerprint density at radius 3 is 1.97 bits per heavy atom. The molecule has 0 saturated carbocycles. The summed E-state index contributed by atoms with van der Waals surface area (Å²) in [6.07, 6.45) is 0. The third kappa shape index (κ3) is 11.5. The van der Waals surface area contributed by atoms with Gasteiger partial charge in [0.05, 0.1) is 71.0 Å². The minimum Gasteiger partial charge on any atom is -0.493 e. The molecule has 11 heteroatoms. The fourth-order valence-corrected chi connectivity index (χ4v) is 2.35. The number of hydrogen-bond acceptors (Lipinski definition) is 10. The molecular weight excluding hydrogens is 414 g/mol. The standard InChI is InChI=1S/C20H31NO10/c1-4-30-20(22)15-29-10-9-27-6-5-26-7-8-28-11-12-31-19-14-17(21(23)24)16(2)13-18(19)25-3/h13-14H,4-12,15H2,1-3H3. The van der Waals surface area contributed by atoms with Crippen molar-refractivity contribution in [2.75, 3.05) is 73.2 Å². The first-order valence-electron chi connectivity index (χ1n) is 9.92. The van der Waals surface area contributed by atoms with Crippen LogP contribution in [0.5, 0.6) is 11.5 Å². The van der Waals surface area contributed by atoms with Crippen LogP contribution in [0, 0.1) is 17.0 Å². The molecule has 0 radical (unpaired) electrons. The molecule has 0 atom stereocenters. The Balaban J connectivity index is 2.02. The highest BCUT2D eigenvalue weighted by molar-refractivity contribution is 5.70. The zero-order valence-corrected chi connectivity index (χ0v) is 18.3. The molecule has 0 unspecified atom stereocenters. The molecule has 31 heavy (non-hydrogen) atoms. The first-order valence-corrected chi connectivity index (χ1v) is 9.92.